The van der Waals surface area contributed by atoms with Gasteiger partial charge in [0.1, 0.15) is 0 Å². The van der Waals surface area contributed by atoms with Gasteiger partial charge in [0.25, 0.3) is 0 Å². The van der Waals surface area contributed by atoms with E-state index in [1.807, 2.05) is 6.08 Å². The third-order valence-electron chi connectivity index (χ3n) is 8.33. The van der Waals surface area contributed by atoms with Gasteiger partial charge in [-0.3, -0.25) is 0 Å². The van der Waals surface area contributed by atoms with Crippen LogP contribution in [0.1, 0.15) is 88.5 Å². The molecule has 0 radical (unpaired) electrons. The van der Waals surface area contributed by atoms with Gasteiger partial charge in [-0.2, -0.15) is 0 Å². The highest BCUT2D eigenvalue weighted by molar-refractivity contribution is 5.38. The number of aliphatic hydroxyl groups is 2. The van der Waals surface area contributed by atoms with Crippen molar-refractivity contribution >= 4 is 0 Å². The summed E-state index contributed by atoms with van der Waals surface area (Å²) >= 11 is 0. The molecule has 0 heterocycles. The van der Waals surface area contributed by atoms with Crippen LogP contribution in [0.15, 0.2) is 130 Å². The molecule has 2 N–H and O–H groups in total. The molecular weight excluding hydrogens is 512 g/mol. The van der Waals surface area contributed by atoms with Crippen LogP contribution in [0.5, 0.6) is 0 Å². The molecule has 0 spiro atoms. The van der Waals surface area contributed by atoms with Gasteiger partial charge in [0.05, 0.1) is 12.2 Å². The molecule has 0 saturated carbocycles. The molecule has 2 nitrogen and oxygen atoms in total. The first-order valence-electron chi connectivity index (χ1n) is 15.4. The Balaban J connectivity index is 1.90. The highest BCUT2D eigenvalue weighted by Crippen LogP contribution is 2.42. The number of hydrogen-bond donors (Lipinski definition) is 2. The van der Waals surface area contributed by atoms with Gasteiger partial charge in [-0.05, 0) is 77.2 Å². The lowest BCUT2D eigenvalue weighted by atomic mass is 9.67. The maximum Gasteiger partial charge on any atom is 0.0729 e. The first-order chi connectivity index (χ1) is 19.6. The van der Waals surface area contributed by atoms with E-state index in [1.54, 1.807) is 0 Å². The summed E-state index contributed by atoms with van der Waals surface area (Å²) in [6.45, 7) is 21.6. The van der Waals surface area contributed by atoms with Crippen LogP contribution in [0.25, 0.3) is 0 Å². The van der Waals surface area contributed by atoms with Crippen molar-refractivity contribution in [3.05, 3.63) is 130 Å². The van der Waals surface area contributed by atoms with Crippen LogP contribution >= 0.6 is 0 Å². The highest BCUT2D eigenvalue weighted by Gasteiger charge is 2.34. The first-order valence-corrected chi connectivity index (χ1v) is 15.4. The minimum atomic E-state index is -0.331. The largest absolute Gasteiger partial charge is 0.393 e. The van der Waals surface area contributed by atoms with E-state index in [4.69, 9.17) is 0 Å². The average molecular weight is 569 g/mol. The van der Waals surface area contributed by atoms with E-state index in [2.05, 4.69) is 154 Å². The van der Waals surface area contributed by atoms with Crippen molar-refractivity contribution in [2.24, 2.45) is 16.7 Å². The second-order valence-corrected chi connectivity index (χ2v) is 13.7. The molecule has 0 aromatic heterocycles. The Morgan fingerprint density at radius 1 is 0.714 bits per heavy atom. The van der Waals surface area contributed by atoms with Crippen molar-refractivity contribution in [3.8, 4) is 0 Å². The number of hydrogen-bond acceptors (Lipinski definition) is 2. The summed E-state index contributed by atoms with van der Waals surface area (Å²) in [6.07, 6.45) is 33.8. The Bertz CT molecular complexity index is 1270. The molecule has 0 bridgehead atoms. The summed E-state index contributed by atoms with van der Waals surface area (Å²) in [5.74, 6) is 0.348. The van der Waals surface area contributed by atoms with Gasteiger partial charge in [0.15, 0.2) is 0 Å². The monoisotopic (exact) mass is 568 g/mol. The van der Waals surface area contributed by atoms with Crippen LogP contribution in [0, 0.1) is 16.7 Å². The van der Waals surface area contributed by atoms with Crippen LogP contribution in [-0.2, 0) is 0 Å². The third kappa shape index (κ3) is 11.7. The minimum absolute atomic E-state index is 0.00528. The second kappa shape index (κ2) is 16.1. The average Bonchev–Trinajstić information content (AvgIpc) is 2.84. The van der Waals surface area contributed by atoms with Crippen LogP contribution in [-0.4, -0.2) is 22.4 Å². The molecule has 0 aliphatic heterocycles. The predicted molar refractivity (Wildman–Crippen MR) is 184 cm³/mol. The first kappa shape index (κ1) is 35.3. The molecule has 0 saturated heterocycles. The van der Waals surface area contributed by atoms with Crippen molar-refractivity contribution in [2.45, 2.75) is 101 Å². The lowest BCUT2D eigenvalue weighted by Gasteiger charge is -2.38. The van der Waals surface area contributed by atoms with Crippen LogP contribution in [0.4, 0.5) is 0 Å². The van der Waals surface area contributed by atoms with E-state index in [0.717, 1.165) is 19.3 Å². The summed E-state index contributed by atoms with van der Waals surface area (Å²) in [6, 6.07) is 0. The maximum atomic E-state index is 10.1. The van der Waals surface area contributed by atoms with Crippen LogP contribution in [0.3, 0.4) is 0 Å². The third-order valence-corrected chi connectivity index (χ3v) is 8.33. The normalized spacial score (nSPS) is 26.6. The van der Waals surface area contributed by atoms with E-state index in [0.29, 0.717) is 5.92 Å². The molecule has 2 heteroatoms. The minimum Gasteiger partial charge on any atom is -0.393 e. The topological polar surface area (TPSA) is 40.5 Å². The Morgan fingerprint density at radius 2 is 1.21 bits per heavy atom. The van der Waals surface area contributed by atoms with E-state index in [1.165, 1.54) is 39.0 Å². The van der Waals surface area contributed by atoms with Crippen molar-refractivity contribution in [3.63, 3.8) is 0 Å². The molecule has 0 unspecified atom stereocenters. The summed E-state index contributed by atoms with van der Waals surface area (Å²) in [5, 5.41) is 20.2. The molecular formula is C40H56O2. The van der Waals surface area contributed by atoms with E-state index < -0.39 is 0 Å². The second-order valence-electron chi connectivity index (χ2n) is 13.7. The van der Waals surface area contributed by atoms with Gasteiger partial charge in [0.2, 0.25) is 0 Å². The fourth-order valence-corrected chi connectivity index (χ4v) is 6.14. The van der Waals surface area contributed by atoms with E-state index in [9.17, 15) is 10.2 Å². The quantitative estimate of drug-likeness (QED) is 0.203. The van der Waals surface area contributed by atoms with Gasteiger partial charge in [-0.25, -0.2) is 0 Å². The number of rotatable bonds is 10. The zero-order valence-corrected chi connectivity index (χ0v) is 27.9. The molecule has 0 aromatic rings. The fraction of sp³-hybridized carbons (Fsp3) is 0.450. The van der Waals surface area contributed by atoms with Gasteiger partial charge >= 0.3 is 0 Å². The van der Waals surface area contributed by atoms with Crippen LogP contribution < -0.4 is 0 Å². The predicted octanol–water partition coefficient (Wildman–Crippen LogP) is 10.4. The highest BCUT2D eigenvalue weighted by atomic mass is 16.3. The smallest absolute Gasteiger partial charge is 0.0729 e. The maximum absolute atomic E-state index is 10.1. The van der Waals surface area contributed by atoms with E-state index in [-0.39, 0.29) is 23.0 Å². The zero-order valence-electron chi connectivity index (χ0n) is 27.9. The standard InChI is InChI=1S/C40H56O2/c1-29(17-13-19-31(3)21-23-37-33(5)25-35(41)27-39(37,7)8)15-11-12-16-30(2)18-14-20-32(4)22-24-38-34(6)26-36(42)28-40(38,9)10/h11-25,35-37,41-42H,26-28H2,1-10H3/b12-11+,17-13+,18-14+,23-21+,24-22+,29-15-,30-16+,31-19+,32-20+/t35-,36-,37+/m1/s1. The molecule has 0 fully saturated rings. The lowest BCUT2D eigenvalue weighted by Crippen LogP contribution is -2.32. The summed E-state index contributed by atoms with van der Waals surface area (Å²) in [5.41, 5.74) is 8.73. The van der Waals surface area contributed by atoms with Gasteiger partial charge in [-0.1, -0.05) is 152 Å². The van der Waals surface area contributed by atoms with Crippen LogP contribution in [0.2, 0.25) is 0 Å². The molecule has 0 amide bonds. The van der Waals surface area contributed by atoms with Crippen molar-refractivity contribution < 1.29 is 10.2 Å². The molecule has 228 valence electrons. The number of allylic oxidation sites excluding steroid dienone is 20. The van der Waals surface area contributed by atoms with E-state index >= 15 is 0 Å². The molecule has 0 aromatic carbocycles. The van der Waals surface area contributed by atoms with Crippen molar-refractivity contribution in [1.82, 2.24) is 0 Å². The Kier molecular flexibility index (Phi) is 13.5. The Hall–Kier alpha value is -2.94. The molecule has 2 aliphatic carbocycles. The van der Waals surface area contributed by atoms with Crippen molar-refractivity contribution in [1.29, 1.82) is 0 Å². The van der Waals surface area contributed by atoms with Gasteiger partial charge in [-0.15, -0.1) is 0 Å². The molecule has 42 heavy (non-hydrogen) atoms. The SMILES string of the molecule is CC1=C[C@@H](O)CC(C)(C)[C@H]1/C=C/C(C)=C/C=C/C(C)=C\C=C\C=C(C)\C=C\C=C(C)\C=C\C1=C(C)C[C@@H](O)CC1(C)C. The molecule has 2 rings (SSSR count). The van der Waals surface area contributed by atoms with Gasteiger partial charge < -0.3 is 10.2 Å². The van der Waals surface area contributed by atoms with Gasteiger partial charge in [0, 0.05) is 5.92 Å². The number of aliphatic hydroxyl groups excluding tert-OH is 2. The summed E-state index contributed by atoms with van der Waals surface area (Å²) in [7, 11) is 0. The summed E-state index contributed by atoms with van der Waals surface area (Å²) in [4.78, 5) is 0. The van der Waals surface area contributed by atoms with Crippen molar-refractivity contribution in [2.75, 3.05) is 0 Å². The lowest BCUT2D eigenvalue weighted by molar-refractivity contribution is 0.116. The Morgan fingerprint density at radius 3 is 1.74 bits per heavy atom. The molecule has 2 aliphatic rings. The summed E-state index contributed by atoms with van der Waals surface area (Å²) < 4.78 is 0. The Labute approximate surface area is 257 Å². The zero-order chi connectivity index (χ0) is 31.5. The fourth-order valence-electron chi connectivity index (χ4n) is 6.14. The molecule has 3 atom stereocenters.